The fraction of sp³-hybridized carbons (Fsp3) is 0.300. The molecule has 0 amide bonds. The molecule has 0 spiro atoms. The highest BCUT2D eigenvalue weighted by Gasteiger charge is 2.12. The second kappa shape index (κ2) is 8.56. The number of hydrogen-bond acceptors (Lipinski definition) is 3. The van der Waals surface area contributed by atoms with Crippen LogP contribution in [0.25, 0.3) is 0 Å². The van der Waals surface area contributed by atoms with Crippen molar-refractivity contribution in [1.82, 2.24) is 4.90 Å². The number of carbonyl (C=O) groups excluding carboxylic acids is 1. The van der Waals surface area contributed by atoms with Gasteiger partial charge in [0.15, 0.2) is 17.4 Å². The van der Waals surface area contributed by atoms with Gasteiger partial charge < -0.3 is 10.2 Å². The minimum atomic E-state index is -0.950. The maximum absolute atomic E-state index is 13.2. The molecule has 1 N–H and O–H groups in total. The molecule has 26 heavy (non-hydrogen) atoms. The predicted molar refractivity (Wildman–Crippen MR) is 102 cm³/mol. The van der Waals surface area contributed by atoms with Crippen LogP contribution in [0.5, 0.6) is 0 Å². The van der Waals surface area contributed by atoms with Crippen LogP contribution >= 0.6 is 0 Å². The summed E-state index contributed by atoms with van der Waals surface area (Å²) < 4.78 is 26.2. The highest BCUT2D eigenvalue weighted by Crippen LogP contribution is 2.24. The maximum atomic E-state index is 13.2. The predicted octanol–water partition coefficient (Wildman–Crippen LogP) is 4.49. The van der Waals surface area contributed by atoms with Crippen molar-refractivity contribution in [2.75, 3.05) is 25.5 Å². The van der Waals surface area contributed by atoms with Gasteiger partial charge in [0.05, 0.1) is 18.6 Å². The topological polar surface area (TPSA) is 44.7 Å². The molecular formula is C20H23F2N3O. The molecule has 0 radical (unpaired) electrons. The lowest BCUT2D eigenvalue weighted by atomic mass is 10.0. The number of carbonyl (C=O) groups is 1. The van der Waals surface area contributed by atoms with Gasteiger partial charge in [0.2, 0.25) is 0 Å². The Bertz CT molecular complexity index is 834. The van der Waals surface area contributed by atoms with Crippen molar-refractivity contribution in [2.45, 2.75) is 20.8 Å². The van der Waals surface area contributed by atoms with E-state index < -0.39 is 11.6 Å². The lowest BCUT2D eigenvalue weighted by Gasteiger charge is -2.12. The average Bonchev–Trinajstić information content (AvgIpc) is 2.62. The first kappa shape index (κ1) is 19.6. The summed E-state index contributed by atoms with van der Waals surface area (Å²) in [5, 5.41) is 2.83. The van der Waals surface area contributed by atoms with Gasteiger partial charge in [0.25, 0.3) is 0 Å². The molecule has 2 aromatic rings. The monoisotopic (exact) mass is 359 g/mol. The molecule has 0 bridgehead atoms. The van der Waals surface area contributed by atoms with Crippen LogP contribution in [0.2, 0.25) is 0 Å². The van der Waals surface area contributed by atoms with Crippen molar-refractivity contribution in [3.63, 3.8) is 0 Å². The number of nitrogens with zero attached hydrogens (tertiary/aromatic N) is 2. The van der Waals surface area contributed by atoms with Crippen LogP contribution < -0.4 is 5.32 Å². The quantitative estimate of drug-likeness (QED) is 0.450. The number of ketones is 1. The molecule has 0 fully saturated rings. The second-order valence-electron chi connectivity index (χ2n) is 6.18. The molecule has 0 aliphatic rings. The lowest BCUT2D eigenvalue weighted by molar-refractivity contribution is 0.101. The van der Waals surface area contributed by atoms with E-state index in [1.807, 2.05) is 44.9 Å². The third-order valence-electron chi connectivity index (χ3n) is 4.11. The van der Waals surface area contributed by atoms with Gasteiger partial charge in [-0.05, 0) is 56.2 Å². The fourth-order valence-electron chi connectivity index (χ4n) is 2.37. The summed E-state index contributed by atoms with van der Waals surface area (Å²) in [7, 11) is 1.94. The summed E-state index contributed by atoms with van der Waals surface area (Å²) in [6, 6.07) is 7.13. The van der Waals surface area contributed by atoms with Gasteiger partial charge in [0, 0.05) is 30.9 Å². The van der Waals surface area contributed by atoms with Gasteiger partial charge >= 0.3 is 0 Å². The molecule has 0 aliphatic heterocycles. The van der Waals surface area contributed by atoms with Crippen molar-refractivity contribution in [3.05, 3.63) is 58.7 Å². The lowest BCUT2D eigenvalue weighted by Crippen LogP contribution is -2.16. The number of anilines is 1. The first-order chi connectivity index (χ1) is 12.3. The Labute approximate surface area is 152 Å². The van der Waals surface area contributed by atoms with Gasteiger partial charge in [-0.3, -0.25) is 4.79 Å². The SMILES string of the molecule is CCN(C)/C=N\c1cc(C)c(C(=O)CNc2ccc(F)c(F)c2)cc1C. The Balaban J connectivity index is 2.12. The number of hydrogen-bond donors (Lipinski definition) is 1. The maximum Gasteiger partial charge on any atom is 0.182 e. The highest BCUT2D eigenvalue weighted by atomic mass is 19.2. The molecular weight excluding hydrogens is 336 g/mol. The molecule has 2 rings (SSSR count). The third kappa shape index (κ3) is 4.88. The first-order valence-electron chi connectivity index (χ1n) is 8.39. The van der Waals surface area contributed by atoms with Crippen molar-refractivity contribution in [1.29, 1.82) is 0 Å². The van der Waals surface area contributed by atoms with Crippen LogP contribution in [0, 0.1) is 25.5 Å². The zero-order valence-corrected chi connectivity index (χ0v) is 15.4. The number of aryl methyl sites for hydroxylation is 2. The van der Waals surface area contributed by atoms with E-state index in [2.05, 4.69) is 10.3 Å². The average molecular weight is 359 g/mol. The molecule has 4 nitrogen and oxygen atoms in total. The van der Waals surface area contributed by atoms with E-state index in [0.29, 0.717) is 11.3 Å². The number of nitrogens with one attached hydrogen (secondary N) is 1. The van der Waals surface area contributed by atoms with E-state index in [-0.39, 0.29) is 12.3 Å². The van der Waals surface area contributed by atoms with Crippen molar-refractivity contribution in [3.8, 4) is 0 Å². The minimum absolute atomic E-state index is 0.00740. The summed E-state index contributed by atoms with van der Waals surface area (Å²) in [6.45, 7) is 6.64. The highest BCUT2D eigenvalue weighted by molar-refractivity contribution is 6.00. The van der Waals surface area contributed by atoms with Crippen LogP contribution in [0.1, 0.15) is 28.4 Å². The van der Waals surface area contributed by atoms with Gasteiger partial charge in [0.1, 0.15) is 0 Å². The van der Waals surface area contributed by atoms with Crippen molar-refractivity contribution >= 4 is 23.5 Å². The summed E-state index contributed by atoms with van der Waals surface area (Å²) in [6.07, 6.45) is 1.76. The Morgan fingerprint density at radius 3 is 2.54 bits per heavy atom. The van der Waals surface area contributed by atoms with E-state index >= 15 is 0 Å². The van der Waals surface area contributed by atoms with E-state index in [9.17, 15) is 13.6 Å². The largest absolute Gasteiger partial charge is 0.377 e. The van der Waals surface area contributed by atoms with Gasteiger partial charge in [-0.25, -0.2) is 13.8 Å². The molecule has 0 saturated heterocycles. The van der Waals surface area contributed by atoms with E-state index in [1.165, 1.54) is 6.07 Å². The molecule has 0 saturated carbocycles. The summed E-state index contributed by atoms with van der Waals surface area (Å²) in [5.41, 5.74) is 3.47. The fourth-order valence-corrected chi connectivity index (χ4v) is 2.37. The number of rotatable bonds is 7. The molecule has 0 aliphatic carbocycles. The van der Waals surface area contributed by atoms with Crippen LogP contribution in [0.15, 0.2) is 35.3 Å². The Morgan fingerprint density at radius 2 is 1.88 bits per heavy atom. The smallest absolute Gasteiger partial charge is 0.182 e. The van der Waals surface area contributed by atoms with Crippen LogP contribution in [-0.4, -0.2) is 37.2 Å². The Hall–Kier alpha value is -2.76. The van der Waals surface area contributed by atoms with E-state index in [4.69, 9.17) is 0 Å². The molecule has 0 atom stereocenters. The summed E-state index contributed by atoms with van der Waals surface area (Å²) in [5.74, 6) is -2.00. The van der Waals surface area contributed by atoms with Crippen molar-refractivity contribution < 1.29 is 13.6 Å². The van der Waals surface area contributed by atoms with Gasteiger partial charge in [-0.15, -0.1) is 0 Å². The number of aliphatic imine (C=N–C) groups is 1. The number of benzene rings is 2. The third-order valence-corrected chi connectivity index (χ3v) is 4.11. The molecule has 6 heteroatoms. The van der Waals surface area contributed by atoms with E-state index in [0.717, 1.165) is 35.5 Å². The molecule has 0 aromatic heterocycles. The molecule has 2 aromatic carbocycles. The number of Topliss-reactive ketones (excluding diaryl/α,β-unsaturated/α-hetero) is 1. The molecule has 0 heterocycles. The second-order valence-corrected chi connectivity index (χ2v) is 6.18. The normalized spacial score (nSPS) is 11.0. The van der Waals surface area contributed by atoms with Crippen LogP contribution in [0.3, 0.4) is 0 Å². The summed E-state index contributed by atoms with van der Waals surface area (Å²) >= 11 is 0. The Kier molecular flexibility index (Phi) is 6.44. The van der Waals surface area contributed by atoms with Gasteiger partial charge in [-0.2, -0.15) is 0 Å². The Morgan fingerprint density at radius 1 is 1.15 bits per heavy atom. The zero-order valence-electron chi connectivity index (χ0n) is 15.4. The first-order valence-corrected chi connectivity index (χ1v) is 8.39. The minimum Gasteiger partial charge on any atom is -0.377 e. The zero-order chi connectivity index (χ0) is 19.3. The molecule has 138 valence electrons. The van der Waals surface area contributed by atoms with Crippen LogP contribution in [0.4, 0.5) is 20.2 Å². The van der Waals surface area contributed by atoms with Gasteiger partial charge in [-0.1, -0.05) is 0 Å². The number of halogens is 2. The van der Waals surface area contributed by atoms with Crippen molar-refractivity contribution in [2.24, 2.45) is 4.99 Å². The summed E-state index contributed by atoms with van der Waals surface area (Å²) in [4.78, 5) is 18.9. The standard InChI is InChI=1S/C20H23F2N3O/c1-5-25(4)12-24-19-9-13(2)16(8-14(19)3)20(26)11-23-15-6-7-17(21)18(22)10-15/h6-10,12,23H,5,11H2,1-4H3/b24-12-. The van der Waals surface area contributed by atoms with E-state index in [1.54, 1.807) is 6.34 Å². The molecule has 0 unspecified atom stereocenters. The van der Waals surface area contributed by atoms with Crippen LogP contribution in [-0.2, 0) is 0 Å².